The Morgan fingerprint density at radius 3 is 1.04 bits per heavy atom. The number of halogens is 1. The number of quaternary nitrogens is 1. The van der Waals surface area contributed by atoms with Gasteiger partial charge < -0.3 is 18.1 Å². The molecule has 8 aliphatic rings. The van der Waals surface area contributed by atoms with Crippen LogP contribution in [-0.2, 0) is 0 Å². The first-order valence-corrected chi connectivity index (χ1v) is 34.4. The number of imide groups is 2. The molecule has 2 aliphatic heterocycles. The number of amides is 4. The zero-order chi connectivity index (χ0) is 62.4. The Labute approximate surface area is 623 Å². The second-order valence-electron chi connectivity index (χ2n) is 31.9. The zero-order valence-corrected chi connectivity index (χ0v) is 56.8. The molecule has 10 rings (SSSR count). The third kappa shape index (κ3) is 25.1. The van der Waals surface area contributed by atoms with Gasteiger partial charge in [-0.25, -0.2) is 0 Å². The molecule has 0 spiro atoms. The maximum absolute atomic E-state index is 12.9. The Bertz CT molecular complexity index is 2700. The van der Waals surface area contributed by atoms with Crippen LogP contribution in [-0.4, -0.2) is 53.1 Å². The van der Waals surface area contributed by atoms with E-state index in [2.05, 4.69) is 151 Å². The summed E-state index contributed by atoms with van der Waals surface area (Å²) in [6.07, 6.45) is 38.3. The average Bonchev–Trinajstić information content (AvgIpc) is 1.64. The molecule has 18 unspecified atom stereocenters. The van der Waals surface area contributed by atoms with Crippen LogP contribution in [0.4, 0.5) is 0 Å². The predicted octanol–water partition coefficient (Wildman–Crippen LogP) is 22.9. The molecule has 99 heavy (non-hydrogen) atoms. The highest BCUT2D eigenvalue weighted by molar-refractivity contribution is 6.22. The van der Waals surface area contributed by atoms with E-state index in [9.17, 15) is 19.2 Å². The van der Waals surface area contributed by atoms with Gasteiger partial charge in [0.25, 0.3) is 23.6 Å². The summed E-state index contributed by atoms with van der Waals surface area (Å²) in [7, 11) is 0. The van der Waals surface area contributed by atoms with Gasteiger partial charge in [0.2, 0.25) is 0 Å². The molecule has 2 aromatic rings. The molecule has 574 valence electrons. The standard InChI is InChI=1S/C29H43NO2.C29H37NO2.C21H35N.12CH4.ClH/c2*1-6-19-14-22(13-12-20-16-21(7-2)26(17-20)29(3,4)5)23(15-19)18-30-27(31)24-10-8-9-11-25(24)28(30)32;1-6-15-10-18(19(11-15)14-22)9-8-16-12-17(7-2)20(13-16)21(3,4)5;;;;;;;;;;;;;/h8-11,19-23,26H,6-7,12-18H2,1-5H3;6-13,19-23,26H,1-2,14-18H2,3-5H3;6-9,15-20H,1-2,10-14,22H2,3-5H3;12*1H4;1H/b;13-12-;9-8-;;;;;;;;;;;;;. The van der Waals surface area contributed by atoms with Crippen molar-refractivity contribution in [2.24, 2.45) is 123 Å². The number of benzene rings is 2. The number of hydrogen-bond acceptors (Lipinski definition) is 4. The molecule has 0 radical (unpaired) electrons. The highest BCUT2D eigenvalue weighted by Gasteiger charge is 2.46. The summed E-state index contributed by atoms with van der Waals surface area (Å²) in [5, 5.41) is 0. The monoisotopic (exact) mass is 1400 g/mol. The lowest BCUT2D eigenvalue weighted by molar-refractivity contribution is -0.380. The van der Waals surface area contributed by atoms with Gasteiger partial charge >= 0.3 is 0 Å². The van der Waals surface area contributed by atoms with Gasteiger partial charge in [0.1, 0.15) is 0 Å². The van der Waals surface area contributed by atoms with Crippen LogP contribution in [0.5, 0.6) is 0 Å². The van der Waals surface area contributed by atoms with E-state index < -0.39 is 0 Å². The lowest BCUT2D eigenvalue weighted by Crippen LogP contribution is -3.00. The summed E-state index contributed by atoms with van der Waals surface area (Å²) >= 11 is 0. The first-order chi connectivity index (χ1) is 40.8. The van der Waals surface area contributed by atoms with Gasteiger partial charge in [0.05, 0.1) is 28.8 Å². The van der Waals surface area contributed by atoms with Crippen molar-refractivity contribution in [3.8, 4) is 0 Å². The van der Waals surface area contributed by atoms with Gasteiger partial charge in [-0.1, -0.05) is 257 Å². The van der Waals surface area contributed by atoms with Crippen molar-refractivity contribution < 1.29 is 37.3 Å². The van der Waals surface area contributed by atoms with Crippen molar-refractivity contribution in [2.45, 2.75) is 268 Å². The third-order valence-corrected chi connectivity index (χ3v) is 23.5. The third-order valence-electron chi connectivity index (χ3n) is 23.5. The number of fused-ring (bicyclic) bond motifs is 2. The van der Waals surface area contributed by atoms with Crippen molar-refractivity contribution in [1.82, 2.24) is 9.80 Å². The molecular weight excluding hydrogens is 1230 g/mol. The summed E-state index contributed by atoms with van der Waals surface area (Å²) in [4.78, 5) is 54.6. The van der Waals surface area contributed by atoms with Gasteiger partial charge in [-0.15, -0.1) is 26.3 Å². The maximum atomic E-state index is 12.9. The molecule has 0 bridgehead atoms. The highest BCUT2D eigenvalue weighted by Crippen LogP contribution is 2.52. The second-order valence-corrected chi connectivity index (χ2v) is 31.9. The number of carbonyl (C=O) groups is 4. The Morgan fingerprint density at radius 2 is 0.717 bits per heavy atom. The summed E-state index contributed by atoms with van der Waals surface area (Å²) < 4.78 is 0. The van der Waals surface area contributed by atoms with Crippen molar-refractivity contribution in [1.29, 1.82) is 0 Å². The maximum Gasteiger partial charge on any atom is 0.261 e. The molecule has 0 saturated heterocycles. The van der Waals surface area contributed by atoms with E-state index in [4.69, 9.17) is 0 Å². The van der Waals surface area contributed by atoms with Crippen LogP contribution in [0, 0.1) is 123 Å². The van der Waals surface area contributed by atoms with Crippen LogP contribution < -0.4 is 18.1 Å². The minimum absolute atomic E-state index is 0. The van der Waals surface area contributed by atoms with Crippen LogP contribution >= 0.6 is 0 Å². The molecule has 6 saturated carbocycles. The quantitative estimate of drug-likeness (QED) is 0.119. The van der Waals surface area contributed by atoms with Crippen molar-refractivity contribution >= 4 is 23.6 Å². The molecule has 2 aromatic carbocycles. The molecule has 18 atom stereocenters. The van der Waals surface area contributed by atoms with E-state index in [0.717, 1.165) is 66.7 Å². The molecule has 2 heterocycles. The Hall–Kier alpha value is -4.59. The van der Waals surface area contributed by atoms with Gasteiger partial charge in [0.15, 0.2) is 0 Å². The first kappa shape index (κ1) is 105. The van der Waals surface area contributed by atoms with Gasteiger partial charge in [0, 0.05) is 19.0 Å². The number of allylic oxidation sites excluding steroid dienone is 8. The SMILES string of the molecule is C.C.C.C.C.C.C.C.C.C.C.C.C=CC1CC(/C=C\C2CC(C=C)C(C(C)(C)C)C2)C(CN2C(=O)c3ccccc3C2=O)C1.C=CC1CC(/C=C\C2CC(C=C)C(C(C)(C)C)C2)C(C[NH3+])C1.CCC1CC(CCC2CC(CC)C(C(C)(C)C)C2)C(CN2C(=O)c3ccccc3C2=O)C1.[Cl-]. The Balaban J connectivity index is -0.000000312. The number of hydrogen-bond donors (Lipinski definition) is 1. The van der Waals surface area contributed by atoms with E-state index in [1.807, 2.05) is 30.3 Å². The molecule has 7 nitrogen and oxygen atoms in total. The number of carbonyl (C=O) groups excluding carboxylic acids is 4. The van der Waals surface area contributed by atoms with Crippen LogP contribution in [0.1, 0.15) is 309 Å². The largest absolute Gasteiger partial charge is 1.00 e. The fourth-order valence-electron chi connectivity index (χ4n) is 18.4. The van der Waals surface area contributed by atoms with E-state index >= 15 is 0 Å². The smallest absolute Gasteiger partial charge is 0.261 e. The molecule has 4 amide bonds. The number of rotatable bonds is 18. The lowest BCUT2D eigenvalue weighted by Gasteiger charge is -2.32. The molecule has 6 fully saturated rings. The molecule has 3 N–H and O–H groups in total. The minimum Gasteiger partial charge on any atom is -1.00 e. The predicted molar refractivity (Wildman–Crippen MR) is 438 cm³/mol. The van der Waals surface area contributed by atoms with E-state index in [1.54, 1.807) is 29.2 Å². The topological polar surface area (TPSA) is 102 Å². The fourth-order valence-corrected chi connectivity index (χ4v) is 18.4. The summed E-state index contributed by atoms with van der Waals surface area (Å²) in [6, 6.07) is 14.5. The van der Waals surface area contributed by atoms with Gasteiger partial charge in [-0.3, -0.25) is 29.0 Å². The minimum atomic E-state index is -0.145. The normalized spacial score (nSPS) is 29.9. The number of nitrogens with zero attached hydrogens (tertiary/aromatic N) is 2. The second kappa shape index (κ2) is 45.5. The summed E-state index contributed by atoms with van der Waals surface area (Å²) in [5.41, 5.74) is 7.49. The van der Waals surface area contributed by atoms with Crippen molar-refractivity contribution in [2.75, 3.05) is 19.6 Å². The van der Waals surface area contributed by atoms with Crippen molar-refractivity contribution in [3.63, 3.8) is 0 Å². The first-order valence-electron chi connectivity index (χ1n) is 34.4. The van der Waals surface area contributed by atoms with Crippen LogP contribution in [0.2, 0.25) is 0 Å². The Morgan fingerprint density at radius 1 is 0.374 bits per heavy atom. The van der Waals surface area contributed by atoms with Gasteiger partial charge in [-0.2, -0.15) is 0 Å². The summed E-state index contributed by atoms with van der Waals surface area (Å²) in [6.45, 7) is 44.4. The van der Waals surface area contributed by atoms with Crippen LogP contribution in [0.15, 0.2) is 123 Å². The van der Waals surface area contributed by atoms with Crippen LogP contribution in [0.25, 0.3) is 0 Å². The van der Waals surface area contributed by atoms with E-state index in [0.29, 0.717) is 99.4 Å². The molecular formula is C91H164ClN3O4. The lowest BCUT2D eigenvalue weighted by atomic mass is 9.74. The summed E-state index contributed by atoms with van der Waals surface area (Å²) in [5.74, 6) is 11.2. The zero-order valence-electron chi connectivity index (χ0n) is 56.0. The Kier molecular flexibility index (Phi) is 48.4. The fraction of sp³-hybridized carbons (Fsp3) is 0.692. The molecule has 6 aliphatic carbocycles. The van der Waals surface area contributed by atoms with Crippen LogP contribution in [0.3, 0.4) is 0 Å². The van der Waals surface area contributed by atoms with E-state index in [-0.39, 0.29) is 136 Å². The van der Waals surface area contributed by atoms with Crippen molar-refractivity contribution in [3.05, 3.63) is 146 Å². The average molecular weight is 1400 g/mol. The highest BCUT2D eigenvalue weighted by atomic mass is 35.5. The molecule has 0 aromatic heterocycles. The van der Waals surface area contributed by atoms with E-state index in [1.165, 1.54) is 94.8 Å². The van der Waals surface area contributed by atoms with Gasteiger partial charge in [-0.05, 0) is 225 Å². The molecule has 8 heteroatoms.